The van der Waals surface area contributed by atoms with Crippen LogP contribution < -0.4 is 5.73 Å². The Morgan fingerprint density at radius 2 is 2.00 bits per heavy atom. The van der Waals surface area contributed by atoms with Crippen LogP contribution in [0.5, 0.6) is 0 Å². The fraction of sp³-hybridized carbons (Fsp3) is 0.600. The van der Waals surface area contributed by atoms with Crippen molar-refractivity contribution in [3.05, 3.63) is 23.7 Å². The molecule has 0 aliphatic rings. The number of methoxy groups -OCH3 is 1. The zero-order valence-corrected chi connectivity index (χ0v) is 8.46. The van der Waals surface area contributed by atoms with Crippen molar-refractivity contribution in [1.82, 2.24) is 0 Å². The van der Waals surface area contributed by atoms with Gasteiger partial charge in [0.1, 0.15) is 18.1 Å². The molecule has 2 N–H and O–H groups in total. The minimum Gasteiger partial charge on any atom is -0.464 e. The summed E-state index contributed by atoms with van der Waals surface area (Å²) in [5.41, 5.74) is 5.64. The SMILES string of the molecule is COCc1ccc(CC(C)(C)N)o1. The largest absolute Gasteiger partial charge is 0.464 e. The second-order valence-corrected chi connectivity index (χ2v) is 3.97. The van der Waals surface area contributed by atoms with Crippen LogP contribution in [0.15, 0.2) is 16.5 Å². The van der Waals surface area contributed by atoms with E-state index in [0.29, 0.717) is 6.61 Å². The Bertz CT molecular complexity index is 260. The van der Waals surface area contributed by atoms with Crippen molar-refractivity contribution in [2.45, 2.75) is 32.4 Å². The van der Waals surface area contributed by atoms with Crippen molar-refractivity contribution in [3.8, 4) is 0 Å². The predicted octanol–water partition coefficient (Wildman–Crippen LogP) is 1.71. The third-order valence-electron chi connectivity index (χ3n) is 1.63. The van der Waals surface area contributed by atoms with Crippen molar-refractivity contribution in [1.29, 1.82) is 0 Å². The van der Waals surface area contributed by atoms with E-state index in [9.17, 15) is 0 Å². The van der Waals surface area contributed by atoms with E-state index in [2.05, 4.69) is 0 Å². The number of ether oxygens (including phenoxy) is 1. The first-order valence-corrected chi connectivity index (χ1v) is 4.37. The molecule has 1 aromatic rings. The van der Waals surface area contributed by atoms with Crippen LogP contribution in [0.3, 0.4) is 0 Å². The third-order valence-corrected chi connectivity index (χ3v) is 1.63. The molecule has 0 bridgehead atoms. The molecule has 1 rings (SSSR count). The van der Waals surface area contributed by atoms with Crippen molar-refractivity contribution in [2.75, 3.05) is 7.11 Å². The van der Waals surface area contributed by atoms with Gasteiger partial charge in [0.25, 0.3) is 0 Å². The maximum atomic E-state index is 5.86. The van der Waals surface area contributed by atoms with Gasteiger partial charge < -0.3 is 14.9 Å². The third kappa shape index (κ3) is 3.61. The Hall–Kier alpha value is -0.800. The van der Waals surface area contributed by atoms with Gasteiger partial charge in [-0.2, -0.15) is 0 Å². The first kappa shape index (κ1) is 10.3. The van der Waals surface area contributed by atoms with Crippen molar-refractivity contribution >= 4 is 0 Å². The average molecular weight is 183 g/mol. The predicted molar refractivity (Wildman–Crippen MR) is 51.4 cm³/mol. The highest BCUT2D eigenvalue weighted by molar-refractivity contribution is 5.08. The molecular formula is C10H17NO2. The molecule has 0 aromatic carbocycles. The first-order chi connectivity index (χ1) is 6.01. The molecule has 3 heteroatoms. The highest BCUT2D eigenvalue weighted by atomic mass is 16.5. The lowest BCUT2D eigenvalue weighted by Crippen LogP contribution is -2.34. The van der Waals surface area contributed by atoms with Crippen LogP contribution >= 0.6 is 0 Å². The average Bonchev–Trinajstić information content (AvgIpc) is 2.33. The van der Waals surface area contributed by atoms with Gasteiger partial charge >= 0.3 is 0 Å². The molecule has 0 radical (unpaired) electrons. The normalized spacial score (nSPS) is 12.0. The lowest BCUT2D eigenvalue weighted by molar-refractivity contribution is 0.162. The van der Waals surface area contributed by atoms with Gasteiger partial charge in [-0.15, -0.1) is 0 Å². The topological polar surface area (TPSA) is 48.4 Å². The Kier molecular flexibility index (Phi) is 3.12. The highest BCUT2D eigenvalue weighted by Crippen LogP contribution is 2.14. The molecule has 0 amide bonds. The van der Waals surface area contributed by atoms with Crippen LogP contribution in [-0.4, -0.2) is 12.6 Å². The fourth-order valence-electron chi connectivity index (χ4n) is 1.19. The molecule has 0 spiro atoms. The summed E-state index contributed by atoms with van der Waals surface area (Å²) in [5, 5.41) is 0. The summed E-state index contributed by atoms with van der Waals surface area (Å²) in [6.45, 7) is 4.47. The minimum atomic E-state index is -0.220. The second-order valence-electron chi connectivity index (χ2n) is 3.97. The van der Waals surface area contributed by atoms with Gasteiger partial charge in [0.05, 0.1) is 0 Å². The zero-order valence-electron chi connectivity index (χ0n) is 8.46. The van der Waals surface area contributed by atoms with E-state index in [-0.39, 0.29) is 5.54 Å². The number of furan rings is 1. The second kappa shape index (κ2) is 3.94. The van der Waals surface area contributed by atoms with Crippen molar-refractivity contribution in [3.63, 3.8) is 0 Å². The van der Waals surface area contributed by atoms with E-state index in [4.69, 9.17) is 14.9 Å². The van der Waals surface area contributed by atoms with Gasteiger partial charge in [0, 0.05) is 19.1 Å². The first-order valence-electron chi connectivity index (χ1n) is 4.37. The van der Waals surface area contributed by atoms with Gasteiger partial charge in [0.15, 0.2) is 0 Å². The van der Waals surface area contributed by atoms with Crippen molar-refractivity contribution in [2.24, 2.45) is 5.73 Å². The number of hydrogen-bond donors (Lipinski definition) is 1. The van der Waals surface area contributed by atoms with Gasteiger partial charge in [-0.25, -0.2) is 0 Å². The molecule has 0 aliphatic heterocycles. The van der Waals surface area contributed by atoms with Gasteiger partial charge in [-0.05, 0) is 26.0 Å². The maximum Gasteiger partial charge on any atom is 0.129 e. The number of rotatable bonds is 4. The van der Waals surface area contributed by atoms with Crippen LogP contribution in [-0.2, 0) is 17.8 Å². The summed E-state index contributed by atoms with van der Waals surface area (Å²) in [5.74, 6) is 1.77. The van der Waals surface area contributed by atoms with Crippen LogP contribution in [0, 0.1) is 0 Å². The van der Waals surface area contributed by atoms with Crippen LogP contribution in [0.4, 0.5) is 0 Å². The molecule has 0 aliphatic carbocycles. The lowest BCUT2D eigenvalue weighted by atomic mass is 10.0. The van der Waals surface area contributed by atoms with E-state index in [0.717, 1.165) is 17.9 Å². The fourth-order valence-corrected chi connectivity index (χ4v) is 1.19. The molecule has 74 valence electrons. The molecule has 0 atom stereocenters. The van der Waals surface area contributed by atoms with E-state index >= 15 is 0 Å². The van der Waals surface area contributed by atoms with E-state index in [1.807, 2.05) is 26.0 Å². The van der Waals surface area contributed by atoms with E-state index in [1.54, 1.807) is 7.11 Å². The summed E-state index contributed by atoms with van der Waals surface area (Å²) in [6.07, 6.45) is 0.747. The zero-order chi connectivity index (χ0) is 9.90. The number of nitrogens with two attached hydrogens (primary N) is 1. The van der Waals surface area contributed by atoms with Crippen LogP contribution in [0.25, 0.3) is 0 Å². The molecule has 0 saturated heterocycles. The minimum absolute atomic E-state index is 0.220. The van der Waals surface area contributed by atoms with Crippen molar-refractivity contribution < 1.29 is 9.15 Å². The molecule has 0 unspecified atom stereocenters. The van der Waals surface area contributed by atoms with Gasteiger partial charge in [-0.3, -0.25) is 0 Å². The quantitative estimate of drug-likeness (QED) is 0.773. The van der Waals surface area contributed by atoms with Gasteiger partial charge in [-0.1, -0.05) is 0 Å². The van der Waals surface area contributed by atoms with Crippen LogP contribution in [0.2, 0.25) is 0 Å². The summed E-state index contributed by atoms with van der Waals surface area (Å²) in [6, 6.07) is 3.87. The summed E-state index contributed by atoms with van der Waals surface area (Å²) in [7, 11) is 1.65. The lowest BCUT2D eigenvalue weighted by Gasteiger charge is -2.15. The van der Waals surface area contributed by atoms with E-state index < -0.39 is 0 Å². The smallest absolute Gasteiger partial charge is 0.129 e. The Labute approximate surface area is 78.9 Å². The highest BCUT2D eigenvalue weighted by Gasteiger charge is 2.14. The molecule has 1 aromatic heterocycles. The monoisotopic (exact) mass is 183 g/mol. The molecule has 0 saturated carbocycles. The summed E-state index contributed by atoms with van der Waals surface area (Å²) >= 11 is 0. The Balaban J connectivity index is 2.59. The number of hydrogen-bond acceptors (Lipinski definition) is 3. The van der Waals surface area contributed by atoms with Crippen LogP contribution in [0.1, 0.15) is 25.4 Å². The molecular weight excluding hydrogens is 166 g/mol. The Morgan fingerprint density at radius 1 is 1.38 bits per heavy atom. The molecule has 3 nitrogen and oxygen atoms in total. The Morgan fingerprint density at radius 3 is 2.54 bits per heavy atom. The standard InChI is InChI=1S/C10H17NO2/c1-10(2,11)6-8-4-5-9(13-8)7-12-3/h4-5H,6-7,11H2,1-3H3. The maximum absolute atomic E-state index is 5.86. The molecule has 13 heavy (non-hydrogen) atoms. The molecule has 1 heterocycles. The summed E-state index contributed by atoms with van der Waals surface area (Å²) in [4.78, 5) is 0. The van der Waals surface area contributed by atoms with Gasteiger partial charge in [0.2, 0.25) is 0 Å². The summed E-state index contributed by atoms with van der Waals surface area (Å²) < 4.78 is 10.4. The van der Waals surface area contributed by atoms with E-state index in [1.165, 1.54) is 0 Å². The molecule has 0 fully saturated rings.